The number of benzene rings is 1. The summed E-state index contributed by atoms with van der Waals surface area (Å²) in [6, 6.07) is 8.75. The normalized spacial score (nSPS) is 21.8. The fourth-order valence-electron chi connectivity index (χ4n) is 3.63. The minimum Gasteiger partial charge on any atom is -0.376 e. The third kappa shape index (κ3) is 7.40. The molecular formula is C20H33IN4O. The van der Waals surface area contributed by atoms with Crippen molar-refractivity contribution < 1.29 is 4.74 Å². The van der Waals surface area contributed by atoms with Crippen LogP contribution in [0.1, 0.15) is 49.7 Å². The van der Waals surface area contributed by atoms with Crippen LogP contribution in [0.4, 0.5) is 0 Å². The molecule has 1 aromatic rings. The maximum atomic E-state index is 5.98. The van der Waals surface area contributed by atoms with E-state index in [2.05, 4.69) is 39.5 Å². The molecule has 26 heavy (non-hydrogen) atoms. The van der Waals surface area contributed by atoms with Gasteiger partial charge in [-0.3, -0.25) is 4.90 Å². The third-order valence-corrected chi connectivity index (χ3v) is 5.06. The van der Waals surface area contributed by atoms with Crippen LogP contribution in [0.15, 0.2) is 29.3 Å². The molecule has 2 aliphatic heterocycles. The number of halogens is 1. The highest BCUT2D eigenvalue weighted by Crippen LogP contribution is 2.15. The van der Waals surface area contributed by atoms with Crippen LogP contribution in [-0.2, 0) is 17.8 Å². The molecule has 3 rings (SSSR count). The Morgan fingerprint density at radius 1 is 1.15 bits per heavy atom. The van der Waals surface area contributed by atoms with Gasteiger partial charge in [-0.2, -0.15) is 0 Å². The third-order valence-electron chi connectivity index (χ3n) is 5.06. The van der Waals surface area contributed by atoms with Crippen molar-refractivity contribution >= 4 is 29.9 Å². The summed E-state index contributed by atoms with van der Waals surface area (Å²) in [5.74, 6) is 0.508. The number of nitrogens with zero attached hydrogens (tertiary/aromatic N) is 2. The van der Waals surface area contributed by atoms with Crippen molar-refractivity contribution in [3.8, 4) is 0 Å². The lowest BCUT2D eigenvalue weighted by molar-refractivity contribution is 0.114. The van der Waals surface area contributed by atoms with Gasteiger partial charge in [0.1, 0.15) is 0 Å². The summed E-state index contributed by atoms with van der Waals surface area (Å²) in [5.41, 5.74) is 8.57. The van der Waals surface area contributed by atoms with E-state index in [0.717, 1.165) is 32.5 Å². The quantitative estimate of drug-likeness (QED) is 0.379. The molecule has 146 valence electrons. The summed E-state index contributed by atoms with van der Waals surface area (Å²) >= 11 is 0. The van der Waals surface area contributed by atoms with Crippen LogP contribution in [-0.4, -0.2) is 43.2 Å². The van der Waals surface area contributed by atoms with Crippen LogP contribution in [0.5, 0.6) is 0 Å². The Balaban J connectivity index is 0.00000243. The van der Waals surface area contributed by atoms with Gasteiger partial charge in [-0.15, -0.1) is 24.0 Å². The molecule has 1 atom stereocenters. The molecule has 0 aliphatic carbocycles. The molecule has 0 amide bonds. The highest BCUT2D eigenvalue weighted by molar-refractivity contribution is 14.0. The molecule has 2 heterocycles. The molecule has 0 radical (unpaired) electrons. The maximum absolute atomic E-state index is 5.98. The van der Waals surface area contributed by atoms with Crippen molar-refractivity contribution in [2.45, 2.75) is 57.7 Å². The summed E-state index contributed by atoms with van der Waals surface area (Å²) in [6.45, 7) is 5.74. The molecule has 3 N–H and O–H groups in total. The Hall–Kier alpha value is -0.860. The van der Waals surface area contributed by atoms with Gasteiger partial charge in [0.2, 0.25) is 0 Å². The Morgan fingerprint density at radius 3 is 2.65 bits per heavy atom. The van der Waals surface area contributed by atoms with Gasteiger partial charge in [-0.1, -0.05) is 37.1 Å². The van der Waals surface area contributed by atoms with Crippen molar-refractivity contribution in [2.24, 2.45) is 10.7 Å². The number of ether oxygens (including phenoxy) is 1. The first-order valence-electron chi connectivity index (χ1n) is 9.75. The van der Waals surface area contributed by atoms with Crippen molar-refractivity contribution in [3.05, 3.63) is 35.4 Å². The Morgan fingerprint density at radius 2 is 1.92 bits per heavy atom. The Bertz CT molecular complexity index is 552. The number of likely N-dealkylation sites (tertiary alicyclic amines) is 1. The summed E-state index contributed by atoms with van der Waals surface area (Å²) in [7, 11) is 0. The van der Waals surface area contributed by atoms with E-state index in [0.29, 0.717) is 12.5 Å². The smallest absolute Gasteiger partial charge is 0.189 e. The van der Waals surface area contributed by atoms with Crippen LogP contribution >= 0.6 is 24.0 Å². The van der Waals surface area contributed by atoms with Crippen molar-refractivity contribution in [1.82, 2.24) is 10.2 Å². The largest absolute Gasteiger partial charge is 0.376 e. The van der Waals surface area contributed by atoms with E-state index >= 15 is 0 Å². The van der Waals surface area contributed by atoms with Gasteiger partial charge in [0, 0.05) is 19.7 Å². The van der Waals surface area contributed by atoms with Crippen LogP contribution in [0.25, 0.3) is 0 Å². The summed E-state index contributed by atoms with van der Waals surface area (Å²) in [4.78, 5) is 7.05. The van der Waals surface area contributed by atoms with Gasteiger partial charge >= 0.3 is 0 Å². The van der Waals surface area contributed by atoms with E-state index < -0.39 is 0 Å². The number of hydrogen-bond donors (Lipinski definition) is 2. The lowest BCUT2D eigenvalue weighted by atomic mass is 10.1. The van der Waals surface area contributed by atoms with Crippen LogP contribution in [0.2, 0.25) is 0 Å². The predicted octanol–water partition coefficient (Wildman–Crippen LogP) is 3.26. The monoisotopic (exact) mass is 472 g/mol. The molecular weight excluding hydrogens is 439 g/mol. The minimum atomic E-state index is 0. The lowest BCUT2D eigenvalue weighted by Gasteiger charge is -2.20. The standard InChI is InChI=1S/C20H32N4O.HI/c21-20(23-15-19-9-6-12-25-19)22-14-17-7-5-8-18(13-17)16-24-10-3-1-2-4-11-24;/h5,7-8,13,19H,1-4,6,9-12,14-16H2,(H3,21,22,23);1H. The van der Waals surface area contributed by atoms with E-state index in [4.69, 9.17) is 10.5 Å². The van der Waals surface area contributed by atoms with E-state index in [1.807, 2.05) is 0 Å². The van der Waals surface area contributed by atoms with Crippen molar-refractivity contribution in [2.75, 3.05) is 26.2 Å². The second-order valence-corrected chi connectivity index (χ2v) is 7.23. The zero-order valence-electron chi connectivity index (χ0n) is 15.7. The fraction of sp³-hybridized carbons (Fsp3) is 0.650. The van der Waals surface area contributed by atoms with Gasteiger partial charge in [-0.05, 0) is 49.9 Å². The van der Waals surface area contributed by atoms with E-state index in [-0.39, 0.29) is 30.1 Å². The van der Waals surface area contributed by atoms with E-state index in [1.165, 1.54) is 49.9 Å². The molecule has 0 aromatic heterocycles. The SMILES string of the molecule is I.NC(=NCc1cccc(CN2CCCCCC2)c1)NCC1CCCO1. The molecule has 1 aromatic carbocycles. The average molecular weight is 472 g/mol. The number of nitrogens with two attached hydrogens (primary N) is 1. The highest BCUT2D eigenvalue weighted by Gasteiger charge is 2.15. The van der Waals surface area contributed by atoms with Gasteiger partial charge in [0.15, 0.2) is 5.96 Å². The van der Waals surface area contributed by atoms with Gasteiger partial charge in [0.05, 0.1) is 12.6 Å². The van der Waals surface area contributed by atoms with Crippen LogP contribution in [0.3, 0.4) is 0 Å². The highest BCUT2D eigenvalue weighted by atomic mass is 127. The van der Waals surface area contributed by atoms with E-state index in [1.54, 1.807) is 0 Å². The molecule has 0 spiro atoms. The zero-order valence-corrected chi connectivity index (χ0v) is 18.0. The molecule has 0 saturated carbocycles. The second-order valence-electron chi connectivity index (χ2n) is 7.23. The van der Waals surface area contributed by atoms with Crippen molar-refractivity contribution in [1.29, 1.82) is 0 Å². The molecule has 2 saturated heterocycles. The summed E-state index contributed by atoms with van der Waals surface area (Å²) in [6.07, 6.45) is 7.96. The number of aliphatic imine (C=N–C) groups is 1. The first-order chi connectivity index (χ1) is 12.3. The Kier molecular flexibility index (Phi) is 9.71. The number of rotatable bonds is 6. The molecule has 5 nitrogen and oxygen atoms in total. The zero-order chi connectivity index (χ0) is 17.3. The van der Waals surface area contributed by atoms with E-state index in [9.17, 15) is 0 Å². The van der Waals surface area contributed by atoms with Crippen LogP contribution in [0, 0.1) is 0 Å². The Labute approximate surface area is 174 Å². The first kappa shape index (κ1) is 21.4. The predicted molar refractivity (Wildman–Crippen MR) is 118 cm³/mol. The molecule has 1 unspecified atom stereocenters. The van der Waals surface area contributed by atoms with Crippen molar-refractivity contribution in [3.63, 3.8) is 0 Å². The molecule has 2 fully saturated rings. The molecule has 2 aliphatic rings. The number of guanidine groups is 1. The second kappa shape index (κ2) is 11.8. The fourth-order valence-corrected chi connectivity index (χ4v) is 3.63. The minimum absolute atomic E-state index is 0. The lowest BCUT2D eigenvalue weighted by Crippen LogP contribution is -2.37. The van der Waals surface area contributed by atoms with Gasteiger partial charge in [0.25, 0.3) is 0 Å². The van der Waals surface area contributed by atoms with Crippen LogP contribution < -0.4 is 11.1 Å². The summed E-state index contributed by atoms with van der Waals surface area (Å²) in [5, 5.41) is 3.18. The average Bonchev–Trinajstić information content (AvgIpc) is 3.02. The maximum Gasteiger partial charge on any atom is 0.189 e. The first-order valence-corrected chi connectivity index (χ1v) is 9.75. The van der Waals surface area contributed by atoms with Gasteiger partial charge in [-0.25, -0.2) is 4.99 Å². The molecule has 0 bridgehead atoms. The van der Waals surface area contributed by atoms with Gasteiger partial charge < -0.3 is 15.8 Å². The number of nitrogens with one attached hydrogen (secondary N) is 1. The number of hydrogen-bond acceptors (Lipinski definition) is 3. The summed E-state index contributed by atoms with van der Waals surface area (Å²) < 4.78 is 5.59. The topological polar surface area (TPSA) is 62.9 Å². The molecule has 6 heteroatoms.